The highest BCUT2D eigenvalue weighted by Gasteiger charge is 2.24. The zero-order chi connectivity index (χ0) is 25.1. The van der Waals surface area contributed by atoms with E-state index in [1.165, 1.54) is 0 Å². The van der Waals surface area contributed by atoms with Crippen LogP contribution >= 0.6 is 0 Å². The molecule has 0 aromatic heterocycles. The fraction of sp³-hybridized carbons (Fsp3) is 0.481. The first-order valence-electron chi connectivity index (χ1n) is 11.6. The van der Waals surface area contributed by atoms with Gasteiger partial charge < -0.3 is 0 Å². The summed E-state index contributed by atoms with van der Waals surface area (Å²) in [6.45, 7) is 18.1. The molecule has 0 amide bonds. The van der Waals surface area contributed by atoms with Crippen LogP contribution in [0, 0.1) is 0 Å². The summed E-state index contributed by atoms with van der Waals surface area (Å²) in [5.74, 6) is 0.680. The maximum Gasteiger partial charge on any atom is 0.314 e. The lowest BCUT2D eigenvalue weighted by Gasteiger charge is -2.18. The predicted octanol–water partition coefficient (Wildman–Crippen LogP) is 7.89. The van der Waals surface area contributed by atoms with Crippen molar-refractivity contribution in [1.82, 2.24) is 0 Å². The molecule has 5 nitrogen and oxygen atoms in total. The first kappa shape index (κ1) is 26.9. The van der Waals surface area contributed by atoms with Crippen LogP contribution in [-0.2, 0) is 10.1 Å². The molecule has 0 bridgehead atoms. The number of hydrogen-bond donors (Lipinski definition) is 1. The Morgan fingerprint density at radius 1 is 0.667 bits per heavy atom. The molecule has 180 valence electrons. The second-order valence-electron chi connectivity index (χ2n) is 9.78. The highest BCUT2D eigenvalue weighted by atomic mass is 32.2. The zero-order valence-electron chi connectivity index (χ0n) is 21.3. The van der Waals surface area contributed by atoms with Gasteiger partial charge in [-0.05, 0) is 52.8 Å². The molecule has 2 aromatic rings. The Morgan fingerprint density at radius 3 is 1.24 bits per heavy atom. The molecular formula is C27H38N2O3S. The van der Waals surface area contributed by atoms with Gasteiger partial charge in [0.1, 0.15) is 0 Å². The van der Waals surface area contributed by atoms with Gasteiger partial charge in [0.25, 0.3) is 0 Å². The van der Waals surface area contributed by atoms with Crippen molar-refractivity contribution >= 4 is 32.2 Å². The van der Waals surface area contributed by atoms with Gasteiger partial charge in [-0.3, -0.25) is 9.55 Å². The standard InChI is InChI=1S/C27H38N2O3S/c1-16(2)21-12-10-13-22(17(3)4)25(21)28-20(9)27(33(30,31)32)29-26-23(18(5)6)14-11-15-24(26)19(7)8/h10-19H,1-9H3,(H,30,31,32). The minimum Gasteiger partial charge on any atom is -0.281 e. The van der Waals surface area contributed by atoms with E-state index in [1.807, 2.05) is 64.1 Å². The minimum absolute atomic E-state index is 0.136. The third-order valence-corrected chi connectivity index (χ3v) is 6.61. The fourth-order valence-electron chi connectivity index (χ4n) is 3.92. The number of hydrogen-bond acceptors (Lipinski definition) is 4. The van der Waals surface area contributed by atoms with Gasteiger partial charge in [0, 0.05) is 0 Å². The number of rotatable bonds is 7. The Balaban J connectivity index is 2.87. The van der Waals surface area contributed by atoms with Crippen LogP contribution in [0.4, 0.5) is 11.4 Å². The van der Waals surface area contributed by atoms with E-state index >= 15 is 0 Å². The lowest BCUT2D eigenvalue weighted by Crippen LogP contribution is -2.22. The molecule has 0 atom stereocenters. The topological polar surface area (TPSA) is 79.1 Å². The van der Waals surface area contributed by atoms with E-state index in [0.29, 0.717) is 5.69 Å². The monoisotopic (exact) mass is 470 g/mol. The summed E-state index contributed by atoms with van der Waals surface area (Å²) in [6.07, 6.45) is 0. The Bertz CT molecular complexity index is 1110. The summed E-state index contributed by atoms with van der Waals surface area (Å²) < 4.78 is 35.2. The van der Waals surface area contributed by atoms with Crippen LogP contribution in [0.25, 0.3) is 0 Å². The van der Waals surface area contributed by atoms with Gasteiger partial charge in [0.15, 0.2) is 0 Å². The molecule has 2 aromatic carbocycles. The first-order valence-corrected chi connectivity index (χ1v) is 13.1. The van der Waals surface area contributed by atoms with Gasteiger partial charge in [0.05, 0.1) is 17.1 Å². The summed E-state index contributed by atoms with van der Waals surface area (Å²) in [6, 6.07) is 11.9. The molecule has 0 fully saturated rings. The van der Waals surface area contributed by atoms with E-state index in [0.717, 1.165) is 27.9 Å². The number of para-hydroxylation sites is 2. The van der Waals surface area contributed by atoms with Crippen molar-refractivity contribution in [2.45, 2.75) is 86.0 Å². The highest BCUT2D eigenvalue weighted by molar-refractivity contribution is 8.03. The van der Waals surface area contributed by atoms with E-state index in [2.05, 4.69) is 32.7 Å². The molecule has 0 unspecified atom stereocenters. The zero-order valence-corrected chi connectivity index (χ0v) is 22.2. The van der Waals surface area contributed by atoms with Gasteiger partial charge in [-0.15, -0.1) is 0 Å². The maximum atomic E-state index is 12.5. The second-order valence-corrected chi connectivity index (χ2v) is 11.1. The molecular weight excluding hydrogens is 432 g/mol. The number of aliphatic imine (C=N–C) groups is 2. The molecule has 1 N–H and O–H groups in total. The van der Waals surface area contributed by atoms with Crippen molar-refractivity contribution in [3.8, 4) is 0 Å². The van der Waals surface area contributed by atoms with E-state index in [-0.39, 0.29) is 29.4 Å². The van der Waals surface area contributed by atoms with Crippen LogP contribution in [-0.4, -0.2) is 23.7 Å². The number of benzene rings is 2. The van der Waals surface area contributed by atoms with E-state index < -0.39 is 15.2 Å². The summed E-state index contributed by atoms with van der Waals surface area (Å²) in [5.41, 5.74) is 5.42. The van der Waals surface area contributed by atoms with Gasteiger partial charge >= 0.3 is 10.1 Å². The van der Waals surface area contributed by atoms with Crippen LogP contribution in [0.2, 0.25) is 0 Å². The molecule has 0 saturated carbocycles. The van der Waals surface area contributed by atoms with Crippen LogP contribution in [0.15, 0.2) is 46.4 Å². The molecule has 0 aliphatic rings. The molecule has 2 rings (SSSR count). The minimum atomic E-state index is -4.61. The largest absolute Gasteiger partial charge is 0.314 e. The fourth-order valence-corrected chi connectivity index (χ4v) is 4.55. The van der Waals surface area contributed by atoms with E-state index in [9.17, 15) is 13.0 Å². The molecule has 33 heavy (non-hydrogen) atoms. The molecule has 0 radical (unpaired) electrons. The van der Waals surface area contributed by atoms with Crippen molar-refractivity contribution in [2.75, 3.05) is 0 Å². The van der Waals surface area contributed by atoms with Gasteiger partial charge in [0.2, 0.25) is 5.04 Å². The molecule has 6 heteroatoms. The molecule has 0 aliphatic heterocycles. The average molecular weight is 471 g/mol. The summed E-state index contributed by atoms with van der Waals surface area (Å²) in [4.78, 5) is 9.33. The Kier molecular flexibility index (Phi) is 8.77. The van der Waals surface area contributed by atoms with Crippen molar-refractivity contribution in [3.63, 3.8) is 0 Å². The van der Waals surface area contributed by atoms with Crippen molar-refractivity contribution < 1.29 is 13.0 Å². The smallest absolute Gasteiger partial charge is 0.281 e. The van der Waals surface area contributed by atoms with Gasteiger partial charge in [-0.25, -0.2) is 4.99 Å². The molecule has 0 aliphatic carbocycles. The van der Waals surface area contributed by atoms with Crippen LogP contribution in [0.5, 0.6) is 0 Å². The average Bonchev–Trinajstić information content (AvgIpc) is 2.70. The van der Waals surface area contributed by atoms with Crippen LogP contribution in [0.3, 0.4) is 0 Å². The molecule has 0 spiro atoms. The molecule has 0 heterocycles. The first-order chi connectivity index (χ1) is 15.3. The number of nitrogens with zero attached hydrogens (tertiary/aromatic N) is 2. The summed E-state index contributed by atoms with van der Waals surface area (Å²) in [7, 11) is -4.61. The lowest BCUT2D eigenvalue weighted by molar-refractivity contribution is 0.498. The molecule has 0 saturated heterocycles. The summed E-state index contributed by atoms with van der Waals surface area (Å²) >= 11 is 0. The van der Waals surface area contributed by atoms with E-state index in [1.54, 1.807) is 6.92 Å². The van der Waals surface area contributed by atoms with Gasteiger partial charge in [-0.2, -0.15) is 8.42 Å². The highest BCUT2D eigenvalue weighted by Crippen LogP contribution is 2.37. The van der Waals surface area contributed by atoms with Crippen molar-refractivity contribution in [3.05, 3.63) is 58.7 Å². The maximum absolute atomic E-state index is 12.5. The Morgan fingerprint density at radius 2 is 0.970 bits per heavy atom. The van der Waals surface area contributed by atoms with Crippen molar-refractivity contribution in [2.24, 2.45) is 9.98 Å². The second kappa shape index (κ2) is 10.7. The summed E-state index contributed by atoms with van der Waals surface area (Å²) in [5, 5.41) is -0.411. The van der Waals surface area contributed by atoms with E-state index in [4.69, 9.17) is 4.99 Å². The van der Waals surface area contributed by atoms with Crippen LogP contribution in [0.1, 0.15) is 108 Å². The third kappa shape index (κ3) is 6.39. The lowest BCUT2D eigenvalue weighted by atomic mass is 9.93. The Labute approximate surface area is 199 Å². The van der Waals surface area contributed by atoms with Crippen molar-refractivity contribution in [1.29, 1.82) is 0 Å². The van der Waals surface area contributed by atoms with Gasteiger partial charge in [-0.1, -0.05) is 91.8 Å². The quantitative estimate of drug-likeness (QED) is 0.254. The SMILES string of the molecule is CC(=Nc1c(C(C)C)cccc1C(C)C)C(=Nc1c(C(C)C)cccc1C(C)C)S(=O)(=O)O. The normalized spacial score (nSPS) is 13.6. The Hall–Kier alpha value is -2.31. The van der Waals surface area contributed by atoms with Crippen LogP contribution < -0.4 is 0 Å². The third-order valence-electron chi connectivity index (χ3n) is 5.73. The predicted molar refractivity (Wildman–Crippen MR) is 141 cm³/mol.